The number of aromatic amines is 2. The summed E-state index contributed by atoms with van der Waals surface area (Å²) in [7, 11) is 0. The van der Waals surface area contributed by atoms with Crippen LogP contribution in [0.25, 0.3) is 21.8 Å². The van der Waals surface area contributed by atoms with Gasteiger partial charge in [-0.15, -0.1) is 0 Å². The van der Waals surface area contributed by atoms with Crippen molar-refractivity contribution in [2.24, 2.45) is 0 Å². The highest BCUT2D eigenvalue weighted by Crippen LogP contribution is 2.28. The van der Waals surface area contributed by atoms with E-state index in [0.29, 0.717) is 5.02 Å². The third-order valence-corrected chi connectivity index (χ3v) is 4.17. The normalized spacial score (nSPS) is 10.7. The topological polar surface area (TPSA) is 72.0 Å². The van der Waals surface area contributed by atoms with Crippen molar-refractivity contribution in [3.63, 3.8) is 0 Å². The summed E-state index contributed by atoms with van der Waals surface area (Å²) >= 11 is 5.80. The first-order valence-electron chi connectivity index (χ1n) is 7.20. The second-order valence-corrected chi connectivity index (χ2v) is 5.87. The fraction of sp³-hybridized carbons (Fsp3) is 0.111. The van der Waals surface area contributed by atoms with Gasteiger partial charge < -0.3 is 20.2 Å². The van der Waals surface area contributed by atoms with E-state index in [-0.39, 0.29) is 11.8 Å². The van der Waals surface area contributed by atoms with Crippen LogP contribution in [-0.4, -0.2) is 20.2 Å². The zero-order valence-electron chi connectivity index (χ0n) is 12.8. The molecule has 0 bridgehead atoms. The first-order chi connectivity index (χ1) is 11.0. The van der Waals surface area contributed by atoms with Crippen LogP contribution in [0.1, 0.15) is 11.1 Å². The molecular weight excluding hydrogens is 312 g/mol. The molecule has 0 aliphatic carbocycles. The number of H-pyrrole nitrogens is 2. The molecule has 4 rings (SSSR count). The lowest BCUT2D eigenvalue weighted by Gasteiger charge is -1.91. The van der Waals surface area contributed by atoms with Crippen molar-refractivity contribution < 1.29 is 10.2 Å². The molecule has 0 spiro atoms. The molecule has 0 radical (unpaired) electrons. The Hall–Kier alpha value is -2.59. The Kier molecular flexibility index (Phi) is 3.92. The molecule has 2 aromatic heterocycles. The molecule has 0 saturated carbocycles. The van der Waals surface area contributed by atoms with E-state index in [1.807, 2.05) is 50.2 Å². The molecule has 0 saturated heterocycles. The molecule has 0 amide bonds. The molecule has 0 atom stereocenters. The summed E-state index contributed by atoms with van der Waals surface area (Å²) in [5.41, 5.74) is 3.66. The van der Waals surface area contributed by atoms with Crippen molar-refractivity contribution in [1.29, 1.82) is 0 Å². The Balaban J connectivity index is 0.000000136. The first kappa shape index (κ1) is 15.3. The minimum Gasteiger partial charge on any atom is -0.494 e. The molecule has 2 heterocycles. The average Bonchev–Trinajstić information content (AvgIpc) is 2.98. The van der Waals surface area contributed by atoms with Crippen molar-refractivity contribution in [1.82, 2.24) is 9.97 Å². The van der Waals surface area contributed by atoms with Crippen molar-refractivity contribution in [2.45, 2.75) is 13.8 Å². The van der Waals surface area contributed by atoms with Gasteiger partial charge in [-0.3, -0.25) is 0 Å². The van der Waals surface area contributed by atoms with E-state index in [1.54, 1.807) is 6.07 Å². The van der Waals surface area contributed by atoms with Crippen LogP contribution in [0.15, 0.2) is 42.5 Å². The van der Waals surface area contributed by atoms with Gasteiger partial charge in [-0.25, -0.2) is 0 Å². The number of hydrogen-bond acceptors (Lipinski definition) is 2. The number of hydrogen-bond donors (Lipinski definition) is 4. The zero-order valence-corrected chi connectivity index (χ0v) is 13.6. The number of benzene rings is 2. The van der Waals surface area contributed by atoms with Gasteiger partial charge in [0.1, 0.15) is 0 Å². The maximum atomic E-state index is 9.34. The van der Waals surface area contributed by atoms with E-state index in [4.69, 9.17) is 11.6 Å². The van der Waals surface area contributed by atoms with Crippen LogP contribution >= 0.6 is 11.6 Å². The Morgan fingerprint density at radius 2 is 1.35 bits per heavy atom. The summed E-state index contributed by atoms with van der Waals surface area (Å²) in [6, 6.07) is 13.3. The SMILES string of the molecule is Cc1c(O)[nH]c2ccc(Cl)cc12.Cc1c(O)[nH]c2ccccc12. The Morgan fingerprint density at radius 1 is 0.783 bits per heavy atom. The summed E-state index contributed by atoms with van der Waals surface area (Å²) in [5.74, 6) is 0.485. The zero-order chi connectivity index (χ0) is 16.6. The van der Waals surface area contributed by atoms with Gasteiger partial charge in [0.15, 0.2) is 11.8 Å². The number of aromatic hydroxyl groups is 2. The highest BCUT2D eigenvalue weighted by atomic mass is 35.5. The van der Waals surface area contributed by atoms with E-state index < -0.39 is 0 Å². The Morgan fingerprint density at radius 3 is 2.00 bits per heavy atom. The van der Waals surface area contributed by atoms with Crippen LogP contribution in [0.3, 0.4) is 0 Å². The maximum absolute atomic E-state index is 9.34. The molecule has 2 aromatic carbocycles. The van der Waals surface area contributed by atoms with Gasteiger partial charge in [-0.1, -0.05) is 29.8 Å². The average molecular weight is 329 g/mol. The molecule has 0 unspecified atom stereocenters. The van der Waals surface area contributed by atoms with Gasteiger partial charge >= 0.3 is 0 Å². The monoisotopic (exact) mass is 328 g/mol. The summed E-state index contributed by atoms with van der Waals surface area (Å²) < 4.78 is 0. The van der Waals surface area contributed by atoms with E-state index in [1.165, 1.54) is 0 Å². The van der Waals surface area contributed by atoms with Gasteiger partial charge in [0.05, 0.1) is 0 Å². The molecule has 118 valence electrons. The first-order valence-corrected chi connectivity index (χ1v) is 7.58. The second-order valence-electron chi connectivity index (χ2n) is 5.43. The highest BCUT2D eigenvalue weighted by Gasteiger charge is 2.05. The van der Waals surface area contributed by atoms with E-state index in [2.05, 4.69) is 9.97 Å². The number of aryl methyl sites for hydroxylation is 2. The lowest BCUT2D eigenvalue weighted by atomic mass is 10.2. The summed E-state index contributed by atoms with van der Waals surface area (Å²) in [6.45, 7) is 3.75. The van der Waals surface area contributed by atoms with Gasteiger partial charge in [0.2, 0.25) is 0 Å². The molecule has 0 aliphatic rings. The molecule has 4 nitrogen and oxygen atoms in total. The lowest BCUT2D eigenvalue weighted by molar-refractivity contribution is 0.454. The predicted molar refractivity (Wildman–Crippen MR) is 94.4 cm³/mol. The van der Waals surface area contributed by atoms with Crippen molar-refractivity contribution in [2.75, 3.05) is 0 Å². The van der Waals surface area contributed by atoms with Gasteiger partial charge in [-0.05, 0) is 38.1 Å². The molecule has 0 aliphatic heterocycles. The molecule has 4 aromatic rings. The smallest absolute Gasteiger partial charge is 0.192 e. The van der Waals surface area contributed by atoms with Crippen LogP contribution in [-0.2, 0) is 0 Å². The second kappa shape index (κ2) is 5.89. The van der Waals surface area contributed by atoms with Crippen LogP contribution in [0.4, 0.5) is 0 Å². The fourth-order valence-corrected chi connectivity index (χ4v) is 2.72. The van der Waals surface area contributed by atoms with Crippen molar-refractivity contribution in [3.8, 4) is 11.8 Å². The summed E-state index contributed by atoms with van der Waals surface area (Å²) in [4.78, 5) is 5.73. The van der Waals surface area contributed by atoms with Crippen LogP contribution in [0.5, 0.6) is 11.8 Å². The fourth-order valence-electron chi connectivity index (χ4n) is 2.55. The quantitative estimate of drug-likeness (QED) is 0.366. The van der Waals surface area contributed by atoms with E-state index in [9.17, 15) is 10.2 Å². The number of para-hydroxylation sites is 1. The summed E-state index contributed by atoms with van der Waals surface area (Å²) in [6.07, 6.45) is 0. The number of aromatic nitrogens is 2. The minimum absolute atomic E-state index is 0.215. The molecule has 0 fully saturated rings. The number of fused-ring (bicyclic) bond motifs is 2. The predicted octanol–water partition coefficient (Wildman–Crippen LogP) is 5.02. The standard InChI is InChI=1S/C9H8ClNO.C9H9NO/c1-5-7-4-6(10)2-3-8(7)11-9(5)12;1-6-7-4-2-3-5-8(7)10-9(6)11/h2-4,11-12H,1H3;2-5,10-11H,1H3. The van der Waals surface area contributed by atoms with Crippen molar-refractivity contribution >= 4 is 33.4 Å². The number of nitrogens with one attached hydrogen (secondary N) is 2. The van der Waals surface area contributed by atoms with E-state index in [0.717, 1.165) is 32.9 Å². The summed E-state index contributed by atoms with van der Waals surface area (Å²) in [5, 5.41) is 21.4. The van der Waals surface area contributed by atoms with Crippen LogP contribution in [0, 0.1) is 13.8 Å². The Bertz CT molecular complexity index is 985. The number of rotatable bonds is 0. The minimum atomic E-state index is 0.215. The Labute approximate surface area is 138 Å². The molecule has 4 N–H and O–H groups in total. The van der Waals surface area contributed by atoms with Crippen LogP contribution in [0.2, 0.25) is 5.02 Å². The lowest BCUT2D eigenvalue weighted by Crippen LogP contribution is -1.68. The van der Waals surface area contributed by atoms with Gasteiger partial charge in [0.25, 0.3) is 0 Å². The largest absolute Gasteiger partial charge is 0.494 e. The van der Waals surface area contributed by atoms with Crippen molar-refractivity contribution in [3.05, 3.63) is 58.6 Å². The van der Waals surface area contributed by atoms with Crippen LogP contribution < -0.4 is 0 Å². The van der Waals surface area contributed by atoms with Gasteiger partial charge in [0, 0.05) is 38.0 Å². The molecule has 23 heavy (non-hydrogen) atoms. The number of halogens is 1. The molecular formula is C18H17ClN2O2. The van der Waals surface area contributed by atoms with Gasteiger partial charge in [-0.2, -0.15) is 0 Å². The third-order valence-electron chi connectivity index (χ3n) is 3.93. The maximum Gasteiger partial charge on any atom is 0.192 e. The molecule has 5 heteroatoms. The highest BCUT2D eigenvalue weighted by molar-refractivity contribution is 6.31. The van der Waals surface area contributed by atoms with E-state index >= 15 is 0 Å². The third kappa shape index (κ3) is 2.85.